The third-order valence-corrected chi connectivity index (χ3v) is 2.62. The molecule has 0 saturated heterocycles. The highest BCUT2D eigenvalue weighted by molar-refractivity contribution is 5.92. The molecule has 1 unspecified atom stereocenters. The minimum atomic E-state index is -0.260. The van der Waals surface area contributed by atoms with Crippen LogP contribution in [0.3, 0.4) is 0 Å². The van der Waals surface area contributed by atoms with Crippen molar-refractivity contribution in [3.8, 4) is 0 Å². The molecule has 0 aliphatic carbocycles. The average molecular weight is 260 g/mol. The van der Waals surface area contributed by atoms with Crippen LogP contribution >= 0.6 is 0 Å². The van der Waals surface area contributed by atoms with Gasteiger partial charge >= 0.3 is 0 Å². The molecular formula is C12H16N6O. The summed E-state index contributed by atoms with van der Waals surface area (Å²) in [6.45, 7) is 4.61. The van der Waals surface area contributed by atoms with E-state index in [1.165, 1.54) is 0 Å². The molecular weight excluding hydrogens is 244 g/mol. The van der Waals surface area contributed by atoms with Crippen molar-refractivity contribution in [1.29, 1.82) is 0 Å². The first-order chi connectivity index (χ1) is 9.20. The summed E-state index contributed by atoms with van der Waals surface area (Å²) in [6.07, 6.45) is 3.41. The van der Waals surface area contributed by atoms with Crippen molar-refractivity contribution in [2.75, 3.05) is 11.9 Å². The van der Waals surface area contributed by atoms with E-state index in [0.29, 0.717) is 5.82 Å². The summed E-state index contributed by atoms with van der Waals surface area (Å²) in [6, 6.07) is 3.23. The Hall–Kier alpha value is -2.44. The number of hydrogen-bond acceptors (Lipinski definition) is 5. The van der Waals surface area contributed by atoms with Crippen LogP contribution < -0.4 is 10.6 Å². The van der Waals surface area contributed by atoms with Gasteiger partial charge in [0.1, 0.15) is 5.82 Å². The van der Waals surface area contributed by atoms with Crippen LogP contribution in [-0.2, 0) is 0 Å². The number of hydrogen-bond donors (Lipinski definition) is 3. The van der Waals surface area contributed by atoms with E-state index in [1.807, 2.05) is 13.8 Å². The maximum absolute atomic E-state index is 12.0. The monoisotopic (exact) mass is 260 g/mol. The Morgan fingerprint density at radius 1 is 1.42 bits per heavy atom. The van der Waals surface area contributed by atoms with Crippen LogP contribution in [0.15, 0.2) is 24.5 Å². The Morgan fingerprint density at radius 3 is 2.84 bits per heavy atom. The van der Waals surface area contributed by atoms with Crippen molar-refractivity contribution in [1.82, 2.24) is 25.7 Å². The highest BCUT2D eigenvalue weighted by Gasteiger charge is 2.13. The lowest BCUT2D eigenvalue weighted by atomic mass is 10.2. The number of aromatic nitrogens is 4. The van der Waals surface area contributed by atoms with Gasteiger partial charge in [0, 0.05) is 18.3 Å². The van der Waals surface area contributed by atoms with Gasteiger partial charge in [0.2, 0.25) is 0 Å². The summed E-state index contributed by atoms with van der Waals surface area (Å²) in [5.41, 5.74) is 1.20. The van der Waals surface area contributed by atoms with E-state index < -0.39 is 0 Å². The number of amides is 1. The molecule has 2 aromatic rings. The fraction of sp³-hybridized carbons (Fsp3) is 0.333. The highest BCUT2D eigenvalue weighted by atomic mass is 16.2. The van der Waals surface area contributed by atoms with Crippen LogP contribution in [-0.4, -0.2) is 32.8 Å². The van der Waals surface area contributed by atoms with Crippen molar-refractivity contribution in [3.63, 3.8) is 0 Å². The molecule has 7 nitrogen and oxygen atoms in total. The third-order valence-electron chi connectivity index (χ3n) is 2.62. The lowest BCUT2D eigenvalue weighted by Crippen LogP contribution is -2.27. The predicted octanol–water partition coefficient (Wildman–Crippen LogP) is 1.12. The summed E-state index contributed by atoms with van der Waals surface area (Å²) >= 11 is 0. The number of carbonyl (C=O) groups excluding carboxylic acids is 1. The molecule has 3 N–H and O–H groups in total. The van der Waals surface area contributed by atoms with E-state index in [1.54, 1.807) is 24.5 Å². The van der Waals surface area contributed by atoms with E-state index in [9.17, 15) is 4.79 Å². The van der Waals surface area contributed by atoms with E-state index in [4.69, 9.17) is 0 Å². The lowest BCUT2D eigenvalue weighted by Gasteiger charge is -2.11. The number of carbonyl (C=O) groups is 1. The van der Waals surface area contributed by atoms with Gasteiger partial charge in [-0.1, -0.05) is 0 Å². The molecule has 0 bridgehead atoms. The van der Waals surface area contributed by atoms with Crippen LogP contribution in [0.25, 0.3) is 0 Å². The Labute approximate surface area is 110 Å². The van der Waals surface area contributed by atoms with Crippen molar-refractivity contribution < 1.29 is 4.79 Å². The van der Waals surface area contributed by atoms with Crippen LogP contribution in [0, 0.1) is 0 Å². The van der Waals surface area contributed by atoms with Gasteiger partial charge in [0.25, 0.3) is 5.91 Å². The number of H-pyrrole nitrogens is 1. The number of nitrogens with zero attached hydrogens (tertiary/aromatic N) is 3. The topological polar surface area (TPSA) is 95.6 Å². The zero-order valence-electron chi connectivity index (χ0n) is 10.8. The van der Waals surface area contributed by atoms with Gasteiger partial charge in [-0.15, -0.1) is 10.2 Å². The third kappa shape index (κ3) is 3.27. The Morgan fingerprint density at radius 2 is 2.26 bits per heavy atom. The SMILES string of the molecule is CCNc1ccc(C(=O)NC(C)c2cn[nH]c2)nn1. The van der Waals surface area contributed by atoms with Gasteiger partial charge in [-0.2, -0.15) is 5.10 Å². The first-order valence-electron chi connectivity index (χ1n) is 6.08. The molecule has 0 aliphatic heterocycles. The van der Waals surface area contributed by atoms with E-state index >= 15 is 0 Å². The molecule has 2 aromatic heterocycles. The maximum Gasteiger partial charge on any atom is 0.272 e. The fourth-order valence-electron chi connectivity index (χ4n) is 1.58. The summed E-state index contributed by atoms with van der Waals surface area (Å²) in [4.78, 5) is 12.0. The lowest BCUT2D eigenvalue weighted by molar-refractivity contribution is 0.0934. The minimum absolute atomic E-state index is 0.138. The van der Waals surface area contributed by atoms with Gasteiger partial charge in [0.15, 0.2) is 5.69 Å². The Kier molecular flexibility index (Phi) is 4.07. The predicted molar refractivity (Wildman–Crippen MR) is 70.7 cm³/mol. The molecule has 100 valence electrons. The molecule has 2 heterocycles. The molecule has 0 aromatic carbocycles. The second-order valence-corrected chi connectivity index (χ2v) is 4.06. The number of rotatable bonds is 5. The fourth-order valence-corrected chi connectivity index (χ4v) is 1.58. The summed E-state index contributed by atoms with van der Waals surface area (Å²) in [5, 5.41) is 20.2. The van der Waals surface area contributed by atoms with Crippen LogP contribution in [0.2, 0.25) is 0 Å². The van der Waals surface area contributed by atoms with Gasteiger partial charge in [-0.05, 0) is 26.0 Å². The molecule has 0 aliphatic rings. The van der Waals surface area contributed by atoms with Crippen molar-refractivity contribution in [3.05, 3.63) is 35.8 Å². The minimum Gasteiger partial charge on any atom is -0.369 e. The zero-order valence-corrected chi connectivity index (χ0v) is 10.8. The zero-order chi connectivity index (χ0) is 13.7. The average Bonchev–Trinajstić information content (AvgIpc) is 2.94. The number of nitrogens with one attached hydrogen (secondary N) is 3. The van der Waals surface area contributed by atoms with Crippen LogP contribution in [0.4, 0.5) is 5.82 Å². The first kappa shape index (κ1) is 13.0. The normalized spacial score (nSPS) is 11.9. The van der Waals surface area contributed by atoms with E-state index in [2.05, 4.69) is 31.0 Å². The van der Waals surface area contributed by atoms with Gasteiger partial charge in [-0.25, -0.2) is 0 Å². The molecule has 2 rings (SSSR count). The van der Waals surface area contributed by atoms with E-state index in [0.717, 1.165) is 12.1 Å². The van der Waals surface area contributed by atoms with Crippen molar-refractivity contribution >= 4 is 11.7 Å². The molecule has 19 heavy (non-hydrogen) atoms. The summed E-state index contributed by atoms with van der Waals surface area (Å²) < 4.78 is 0. The van der Waals surface area contributed by atoms with Gasteiger partial charge < -0.3 is 10.6 Å². The molecule has 0 spiro atoms. The van der Waals surface area contributed by atoms with Crippen molar-refractivity contribution in [2.45, 2.75) is 19.9 Å². The first-order valence-corrected chi connectivity index (χ1v) is 6.08. The molecule has 0 saturated carbocycles. The summed E-state index contributed by atoms with van der Waals surface area (Å²) in [7, 11) is 0. The molecule has 1 atom stereocenters. The number of aromatic amines is 1. The summed E-state index contributed by atoms with van der Waals surface area (Å²) in [5.74, 6) is 0.395. The molecule has 0 fully saturated rings. The van der Waals surface area contributed by atoms with Crippen LogP contribution in [0.1, 0.15) is 35.9 Å². The Balaban J connectivity index is 1.99. The van der Waals surface area contributed by atoms with E-state index in [-0.39, 0.29) is 17.6 Å². The second kappa shape index (κ2) is 5.94. The Bertz CT molecular complexity index is 522. The number of anilines is 1. The largest absolute Gasteiger partial charge is 0.369 e. The van der Waals surface area contributed by atoms with Crippen LogP contribution in [0.5, 0.6) is 0 Å². The smallest absolute Gasteiger partial charge is 0.272 e. The second-order valence-electron chi connectivity index (χ2n) is 4.06. The molecule has 0 radical (unpaired) electrons. The van der Waals surface area contributed by atoms with Gasteiger partial charge in [-0.3, -0.25) is 9.89 Å². The quantitative estimate of drug-likeness (QED) is 0.748. The highest BCUT2D eigenvalue weighted by Crippen LogP contribution is 2.10. The van der Waals surface area contributed by atoms with Gasteiger partial charge in [0.05, 0.1) is 12.2 Å². The maximum atomic E-state index is 12.0. The standard InChI is InChI=1S/C12H16N6O/c1-3-13-11-5-4-10(17-18-11)12(19)16-8(2)9-6-14-15-7-9/h4-8H,3H2,1-2H3,(H,13,18)(H,14,15)(H,16,19). The molecule has 1 amide bonds. The molecule has 7 heteroatoms. The van der Waals surface area contributed by atoms with Crippen molar-refractivity contribution in [2.24, 2.45) is 0 Å².